The Bertz CT molecular complexity index is 819. The van der Waals surface area contributed by atoms with Crippen LogP contribution in [0.4, 0.5) is 4.39 Å². The van der Waals surface area contributed by atoms with Gasteiger partial charge in [0, 0.05) is 18.0 Å². The molecule has 3 nitrogen and oxygen atoms in total. The second-order valence-corrected chi connectivity index (χ2v) is 4.83. The van der Waals surface area contributed by atoms with Crippen molar-refractivity contribution in [3.63, 3.8) is 0 Å². The summed E-state index contributed by atoms with van der Waals surface area (Å²) in [6.07, 6.45) is 0.819. The highest BCUT2D eigenvalue weighted by Crippen LogP contribution is 2.33. The maximum absolute atomic E-state index is 13.4. The van der Waals surface area contributed by atoms with Crippen LogP contribution in [0.2, 0.25) is 0 Å². The lowest BCUT2D eigenvalue weighted by molar-refractivity contribution is 0.112. The van der Waals surface area contributed by atoms with E-state index >= 15 is 0 Å². The van der Waals surface area contributed by atoms with Crippen molar-refractivity contribution in [2.45, 2.75) is 0 Å². The van der Waals surface area contributed by atoms with Crippen molar-refractivity contribution in [2.75, 3.05) is 7.11 Å². The van der Waals surface area contributed by atoms with Gasteiger partial charge >= 0.3 is 0 Å². The Hall–Kier alpha value is -2.62. The van der Waals surface area contributed by atoms with Crippen molar-refractivity contribution in [1.29, 1.82) is 0 Å². The summed E-state index contributed by atoms with van der Waals surface area (Å²) in [7, 11) is 3.43. The summed E-state index contributed by atoms with van der Waals surface area (Å²) in [5.41, 5.74) is 2.92. The van der Waals surface area contributed by atoms with Gasteiger partial charge in [-0.15, -0.1) is 0 Å². The normalized spacial score (nSPS) is 10.8. The molecule has 0 N–H and O–H groups in total. The third-order valence-corrected chi connectivity index (χ3v) is 3.68. The molecule has 0 saturated carbocycles. The first-order valence-electron chi connectivity index (χ1n) is 6.53. The van der Waals surface area contributed by atoms with Crippen LogP contribution in [0.1, 0.15) is 10.4 Å². The average Bonchev–Trinajstić information content (AvgIpc) is 2.79. The van der Waals surface area contributed by atoms with Crippen LogP contribution in [-0.4, -0.2) is 18.0 Å². The first-order valence-corrected chi connectivity index (χ1v) is 6.53. The maximum atomic E-state index is 13.4. The third-order valence-electron chi connectivity index (χ3n) is 3.68. The number of methoxy groups -OCH3 is 1. The molecule has 106 valence electrons. The molecule has 0 spiro atoms. The van der Waals surface area contributed by atoms with Crippen LogP contribution in [0.3, 0.4) is 0 Å². The molecule has 0 fully saturated rings. The molecule has 0 aliphatic carbocycles. The van der Waals surface area contributed by atoms with Gasteiger partial charge in [0.2, 0.25) is 0 Å². The molecule has 21 heavy (non-hydrogen) atoms. The highest BCUT2D eigenvalue weighted by Gasteiger charge is 2.16. The average molecular weight is 283 g/mol. The van der Waals surface area contributed by atoms with Crippen LogP contribution in [0, 0.1) is 5.82 Å². The standard InChI is InChI=1S/C17H14FNO2/c1-19-16-9-12(18)5-8-14(16)15(10-20)17(19)11-3-6-13(21-2)7-4-11/h3-10H,1-2H3. The van der Waals surface area contributed by atoms with Gasteiger partial charge in [0.25, 0.3) is 0 Å². The highest BCUT2D eigenvalue weighted by molar-refractivity contribution is 6.05. The molecule has 0 unspecified atom stereocenters. The van der Waals surface area contributed by atoms with Gasteiger partial charge in [0.15, 0.2) is 6.29 Å². The van der Waals surface area contributed by atoms with E-state index in [9.17, 15) is 9.18 Å². The van der Waals surface area contributed by atoms with Crippen molar-refractivity contribution >= 4 is 17.2 Å². The zero-order chi connectivity index (χ0) is 15.0. The van der Waals surface area contributed by atoms with Crippen LogP contribution < -0.4 is 4.74 Å². The molecule has 0 amide bonds. The number of ether oxygens (including phenoxy) is 1. The summed E-state index contributed by atoms with van der Waals surface area (Å²) >= 11 is 0. The van der Waals surface area contributed by atoms with Gasteiger partial charge in [-0.05, 0) is 48.0 Å². The predicted octanol–water partition coefficient (Wildman–Crippen LogP) is 3.81. The number of carbonyl (C=O) groups is 1. The number of aryl methyl sites for hydroxylation is 1. The molecule has 3 aromatic rings. The monoisotopic (exact) mass is 283 g/mol. The minimum atomic E-state index is -0.318. The van der Waals surface area contributed by atoms with E-state index in [0.29, 0.717) is 11.1 Å². The SMILES string of the molecule is COc1ccc(-c2c(C=O)c3ccc(F)cc3n2C)cc1. The quantitative estimate of drug-likeness (QED) is 0.684. The first kappa shape index (κ1) is 13.4. The zero-order valence-corrected chi connectivity index (χ0v) is 11.8. The van der Waals surface area contributed by atoms with Gasteiger partial charge in [0.05, 0.1) is 18.3 Å². The van der Waals surface area contributed by atoms with E-state index in [1.54, 1.807) is 13.2 Å². The summed E-state index contributed by atoms with van der Waals surface area (Å²) < 4.78 is 20.4. The van der Waals surface area contributed by atoms with E-state index < -0.39 is 0 Å². The van der Waals surface area contributed by atoms with E-state index in [1.165, 1.54) is 12.1 Å². The van der Waals surface area contributed by atoms with Gasteiger partial charge in [-0.3, -0.25) is 4.79 Å². The van der Waals surface area contributed by atoms with E-state index in [1.807, 2.05) is 35.9 Å². The van der Waals surface area contributed by atoms with E-state index in [4.69, 9.17) is 4.74 Å². The van der Waals surface area contributed by atoms with Crippen LogP contribution in [0.5, 0.6) is 5.75 Å². The lowest BCUT2D eigenvalue weighted by Crippen LogP contribution is -1.94. The number of carbonyl (C=O) groups excluding carboxylic acids is 1. The Morgan fingerprint density at radius 3 is 2.48 bits per heavy atom. The molecule has 0 atom stereocenters. The third kappa shape index (κ3) is 2.09. The number of rotatable bonds is 3. The lowest BCUT2D eigenvalue weighted by Gasteiger charge is -2.07. The number of halogens is 1. The number of nitrogens with zero attached hydrogens (tertiary/aromatic N) is 1. The van der Waals surface area contributed by atoms with E-state index in [2.05, 4.69) is 0 Å². The molecule has 0 radical (unpaired) electrons. The van der Waals surface area contributed by atoms with Gasteiger partial charge in [0.1, 0.15) is 11.6 Å². The van der Waals surface area contributed by atoms with E-state index in [-0.39, 0.29) is 5.82 Å². The second-order valence-electron chi connectivity index (χ2n) is 4.83. The minimum absolute atomic E-state index is 0.318. The second kappa shape index (κ2) is 5.05. The van der Waals surface area contributed by atoms with Crippen molar-refractivity contribution in [3.8, 4) is 17.0 Å². The Kier molecular flexibility index (Phi) is 3.22. The Balaban J connectivity index is 2.30. The smallest absolute Gasteiger partial charge is 0.152 e. The van der Waals surface area contributed by atoms with Crippen molar-refractivity contribution < 1.29 is 13.9 Å². The number of benzene rings is 2. The molecule has 1 aromatic heterocycles. The molecule has 0 bridgehead atoms. The van der Waals surface area contributed by atoms with Crippen molar-refractivity contribution in [1.82, 2.24) is 4.57 Å². The molecule has 3 rings (SSSR count). The van der Waals surface area contributed by atoms with Crippen LogP contribution in [0.15, 0.2) is 42.5 Å². The molecule has 4 heteroatoms. The maximum Gasteiger partial charge on any atom is 0.152 e. The topological polar surface area (TPSA) is 31.2 Å². The Labute approximate surface area is 121 Å². The molecular weight excluding hydrogens is 269 g/mol. The highest BCUT2D eigenvalue weighted by atomic mass is 19.1. The summed E-state index contributed by atoms with van der Waals surface area (Å²) in [5, 5.41) is 0.750. The summed E-state index contributed by atoms with van der Waals surface area (Å²) in [5.74, 6) is 0.429. The van der Waals surface area contributed by atoms with Gasteiger partial charge < -0.3 is 9.30 Å². The lowest BCUT2D eigenvalue weighted by atomic mass is 10.1. The van der Waals surface area contributed by atoms with E-state index in [0.717, 1.165) is 28.7 Å². The number of aromatic nitrogens is 1. The van der Waals surface area contributed by atoms with Gasteiger partial charge in [-0.25, -0.2) is 4.39 Å². The Morgan fingerprint density at radius 2 is 1.86 bits per heavy atom. The van der Waals surface area contributed by atoms with Gasteiger partial charge in [-0.2, -0.15) is 0 Å². The summed E-state index contributed by atoms with van der Waals surface area (Å²) in [6, 6.07) is 11.9. The fourth-order valence-corrected chi connectivity index (χ4v) is 2.66. The van der Waals surface area contributed by atoms with Crippen molar-refractivity contribution in [2.24, 2.45) is 7.05 Å². The molecule has 0 aliphatic rings. The summed E-state index contributed by atoms with van der Waals surface area (Å²) in [6.45, 7) is 0. The summed E-state index contributed by atoms with van der Waals surface area (Å²) in [4.78, 5) is 11.5. The number of hydrogen-bond donors (Lipinski definition) is 0. The number of aldehydes is 1. The molecule has 0 aliphatic heterocycles. The molecule has 2 aromatic carbocycles. The minimum Gasteiger partial charge on any atom is -0.497 e. The predicted molar refractivity (Wildman–Crippen MR) is 80.3 cm³/mol. The largest absolute Gasteiger partial charge is 0.497 e. The van der Waals surface area contributed by atoms with Gasteiger partial charge in [-0.1, -0.05) is 0 Å². The zero-order valence-electron chi connectivity index (χ0n) is 11.8. The fraction of sp³-hybridized carbons (Fsp3) is 0.118. The number of hydrogen-bond acceptors (Lipinski definition) is 2. The van der Waals surface area contributed by atoms with Crippen LogP contribution in [0.25, 0.3) is 22.2 Å². The Morgan fingerprint density at radius 1 is 1.14 bits per heavy atom. The first-order chi connectivity index (χ1) is 10.2. The van der Waals surface area contributed by atoms with Crippen LogP contribution in [-0.2, 0) is 7.05 Å². The van der Waals surface area contributed by atoms with Crippen LogP contribution >= 0.6 is 0 Å². The fourth-order valence-electron chi connectivity index (χ4n) is 2.66. The molecular formula is C17H14FNO2. The molecule has 0 saturated heterocycles. The van der Waals surface area contributed by atoms with Crippen molar-refractivity contribution in [3.05, 3.63) is 53.8 Å². The molecule has 1 heterocycles. The number of fused-ring (bicyclic) bond motifs is 1.